The highest BCUT2D eigenvalue weighted by Crippen LogP contribution is 2.23. The van der Waals surface area contributed by atoms with Crippen molar-refractivity contribution in [3.05, 3.63) is 24.4 Å². The van der Waals surface area contributed by atoms with Gasteiger partial charge in [-0.3, -0.25) is 4.79 Å². The molecule has 5 nitrogen and oxygen atoms in total. The maximum Gasteiger partial charge on any atom is 0.326 e. The minimum atomic E-state index is -0.893. The monoisotopic (exact) mass is 388 g/mol. The van der Waals surface area contributed by atoms with Gasteiger partial charge in [-0.25, -0.2) is 4.79 Å². The number of amides is 1. The number of aliphatic carboxylic acids is 1. The summed E-state index contributed by atoms with van der Waals surface area (Å²) in [6.45, 7) is 2.43. The third-order valence-corrected chi connectivity index (χ3v) is 5.12. The Kier molecular flexibility index (Phi) is 7.35. The van der Waals surface area contributed by atoms with Crippen LogP contribution in [0.1, 0.15) is 19.8 Å². The third-order valence-electron chi connectivity index (χ3n) is 3.73. The summed E-state index contributed by atoms with van der Waals surface area (Å²) < 4.78 is 2.01. The van der Waals surface area contributed by atoms with E-state index < -0.39 is 12.0 Å². The molecule has 1 aliphatic rings. The van der Waals surface area contributed by atoms with Gasteiger partial charge in [0.1, 0.15) is 13.1 Å². The lowest BCUT2D eigenvalue weighted by atomic mass is 10.1. The average molecular weight is 389 g/mol. The second kappa shape index (κ2) is 8.53. The van der Waals surface area contributed by atoms with Crippen LogP contribution in [0.3, 0.4) is 0 Å². The molecule has 22 heavy (non-hydrogen) atoms. The number of aryl methyl sites for hydroxylation is 1. The van der Waals surface area contributed by atoms with Crippen LogP contribution in [-0.2, 0) is 16.6 Å². The molecular formula is C15H21BrN2O3S. The number of carboxylic acids is 1. The molecule has 122 valence electrons. The van der Waals surface area contributed by atoms with Crippen molar-refractivity contribution in [2.24, 2.45) is 13.0 Å². The van der Waals surface area contributed by atoms with Crippen LogP contribution in [0.4, 0.5) is 0 Å². The van der Waals surface area contributed by atoms with Gasteiger partial charge in [-0.2, -0.15) is 4.57 Å². The molecule has 1 aromatic rings. The smallest absolute Gasteiger partial charge is 0.326 e. The molecule has 2 heterocycles. The second-order valence-electron chi connectivity index (χ2n) is 5.39. The second-order valence-corrected chi connectivity index (χ2v) is 6.43. The van der Waals surface area contributed by atoms with Crippen molar-refractivity contribution in [3.8, 4) is 0 Å². The Balaban J connectivity index is 0.00000242. The molecule has 2 atom stereocenters. The van der Waals surface area contributed by atoms with Crippen LogP contribution >= 0.6 is 11.8 Å². The van der Waals surface area contributed by atoms with E-state index in [0.717, 1.165) is 11.4 Å². The number of hydrogen-bond acceptors (Lipinski definition) is 3. The fourth-order valence-corrected chi connectivity index (χ4v) is 3.51. The zero-order chi connectivity index (χ0) is 15.4. The molecule has 1 N–H and O–H groups in total. The zero-order valence-electron chi connectivity index (χ0n) is 12.7. The number of thioether (sulfide) groups is 1. The molecule has 0 bridgehead atoms. The van der Waals surface area contributed by atoms with E-state index in [2.05, 4.69) is 0 Å². The highest BCUT2D eigenvalue weighted by molar-refractivity contribution is 7.99. The van der Waals surface area contributed by atoms with Gasteiger partial charge in [-0.1, -0.05) is 18.7 Å². The number of aromatic nitrogens is 1. The number of carbonyl (C=O) groups excluding carboxylic acids is 1. The molecule has 0 spiro atoms. The van der Waals surface area contributed by atoms with E-state index in [1.165, 1.54) is 4.90 Å². The summed E-state index contributed by atoms with van der Waals surface area (Å²) in [5.74, 6) is -0.476. The van der Waals surface area contributed by atoms with Gasteiger partial charge in [0.05, 0.1) is 0 Å². The molecule has 0 radical (unpaired) electrons. The molecule has 0 aliphatic carbocycles. The summed E-state index contributed by atoms with van der Waals surface area (Å²) in [4.78, 5) is 25.1. The van der Waals surface area contributed by atoms with Crippen molar-refractivity contribution in [3.63, 3.8) is 0 Å². The third kappa shape index (κ3) is 4.46. The molecule has 1 aromatic heterocycles. The highest BCUT2D eigenvalue weighted by Gasteiger charge is 2.35. The number of nitrogens with zero attached hydrogens (tertiary/aromatic N) is 2. The van der Waals surface area contributed by atoms with E-state index in [4.69, 9.17) is 5.11 Å². The van der Waals surface area contributed by atoms with Gasteiger partial charge in [-0.05, 0) is 18.9 Å². The Bertz CT molecular complexity index is 541. The Morgan fingerprint density at radius 2 is 2.23 bits per heavy atom. The van der Waals surface area contributed by atoms with Crippen LogP contribution in [0.15, 0.2) is 29.4 Å². The normalized spacial score (nSPS) is 18.6. The predicted molar refractivity (Wildman–Crippen MR) is 79.9 cm³/mol. The first-order valence-electron chi connectivity index (χ1n) is 7.11. The number of carbonyl (C=O) groups is 2. The molecule has 1 aliphatic heterocycles. The van der Waals surface area contributed by atoms with Crippen molar-refractivity contribution >= 4 is 23.6 Å². The molecule has 1 fully saturated rings. The topological polar surface area (TPSA) is 61.5 Å². The van der Waals surface area contributed by atoms with Crippen LogP contribution in [0.5, 0.6) is 0 Å². The maximum atomic E-state index is 12.4. The molecule has 1 saturated heterocycles. The lowest BCUT2D eigenvalue weighted by Gasteiger charge is -2.24. The van der Waals surface area contributed by atoms with E-state index in [9.17, 15) is 9.59 Å². The van der Waals surface area contributed by atoms with Crippen LogP contribution < -0.4 is 21.5 Å². The first-order valence-corrected chi connectivity index (χ1v) is 8.10. The SMILES string of the molecule is CC(CSc1cccc[n+]1C)C(=O)N1CCC[C@H]1C(=O)O.[Br-]. The van der Waals surface area contributed by atoms with Crippen molar-refractivity contribution in [2.75, 3.05) is 12.3 Å². The molecule has 2 rings (SSSR count). The number of halogens is 1. The summed E-state index contributed by atoms with van der Waals surface area (Å²) in [6.07, 6.45) is 3.31. The van der Waals surface area contributed by atoms with E-state index in [1.807, 2.05) is 42.9 Å². The predicted octanol–water partition coefficient (Wildman–Crippen LogP) is -1.68. The molecule has 1 unspecified atom stereocenters. The Labute approximate surface area is 145 Å². The molecule has 7 heteroatoms. The highest BCUT2D eigenvalue weighted by atomic mass is 79.9. The Hall–Kier alpha value is -1.08. The van der Waals surface area contributed by atoms with Gasteiger partial charge in [0, 0.05) is 30.3 Å². The lowest BCUT2D eigenvalue weighted by Crippen LogP contribution is -3.00. The quantitative estimate of drug-likeness (QED) is 0.483. The minimum absolute atomic E-state index is 0. The largest absolute Gasteiger partial charge is 1.00 e. The van der Waals surface area contributed by atoms with Gasteiger partial charge >= 0.3 is 5.97 Å². The van der Waals surface area contributed by atoms with E-state index in [-0.39, 0.29) is 28.8 Å². The fraction of sp³-hybridized carbons (Fsp3) is 0.533. The van der Waals surface area contributed by atoms with Crippen LogP contribution in [0, 0.1) is 5.92 Å². The zero-order valence-corrected chi connectivity index (χ0v) is 15.1. The average Bonchev–Trinajstić information content (AvgIpc) is 2.95. The number of pyridine rings is 1. The van der Waals surface area contributed by atoms with E-state index >= 15 is 0 Å². The number of hydrogen-bond donors (Lipinski definition) is 1. The summed E-state index contributed by atoms with van der Waals surface area (Å²) in [5.41, 5.74) is 0. The van der Waals surface area contributed by atoms with E-state index in [1.54, 1.807) is 11.8 Å². The minimum Gasteiger partial charge on any atom is -1.00 e. The summed E-state index contributed by atoms with van der Waals surface area (Å²) in [7, 11) is 1.97. The van der Waals surface area contributed by atoms with Gasteiger partial charge in [0.2, 0.25) is 10.9 Å². The van der Waals surface area contributed by atoms with Gasteiger partial charge in [-0.15, -0.1) is 0 Å². The molecule has 0 aromatic carbocycles. The molecule has 1 amide bonds. The maximum absolute atomic E-state index is 12.4. The number of likely N-dealkylation sites (tertiary alicyclic amines) is 1. The standard InChI is InChI=1S/C15H20N2O3S.BrH/c1-11(10-21-13-7-3-4-8-16(13)2)14(18)17-9-5-6-12(17)15(19)20;/h3-4,7-8,11-12H,5-6,9-10H2,1-2H3;1H/t11?,12-;/m0./s1. The first kappa shape index (κ1) is 19.0. The summed E-state index contributed by atoms with van der Waals surface area (Å²) >= 11 is 1.62. The van der Waals surface area contributed by atoms with Gasteiger partial charge < -0.3 is 27.0 Å². The van der Waals surface area contributed by atoms with Gasteiger partial charge in [0.15, 0.2) is 6.20 Å². The van der Waals surface area contributed by atoms with Crippen LogP contribution in [0.25, 0.3) is 0 Å². The van der Waals surface area contributed by atoms with E-state index in [0.29, 0.717) is 18.7 Å². The van der Waals surface area contributed by atoms with Crippen molar-refractivity contribution < 1.29 is 36.2 Å². The molecule has 0 saturated carbocycles. The van der Waals surface area contributed by atoms with Crippen molar-refractivity contribution in [2.45, 2.75) is 30.8 Å². The van der Waals surface area contributed by atoms with Crippen LogP contribution in [-0.4, -0.2) is 40.2 Å². The Morgan fingerprint density at radius 1 is 1.50 bits per heavy atom. The molecular weight excluding hydrogens is 368 g/mol. The van der Waals surface area contributed by atoms with Crippen molar-refractivity contribution in [1.29, 1.82) is 0 Å². The summed E-state index contributed by atoms with van der Waals surface area (Å²) in [6, 6.07) is 5.30. The fourth-order valence-electron chi connectivity index (χ4n) is 2.51. The number of carboxylic acid groups (broad SMARTS) is 1. The van der Waals surface area contributed by atoms with Gasteiger partial charge in [0.25, 0.3) is 0 Å². The first-order chi connectivity index (χ1) is 10.0. The van der Waals surface area contributed by atoms with Crippen LogP contribution in [0.2, 0.25) is 0 Å². The lowest BCUT2D eigenvalue weighted by molar-refractivity contribution is -0.708. The van der Waals surface area contributed by atoms with Crippen molar-refractivity contribution in [1.82, 2.24) is 4.90 Å². The summed E-state index contributed by atoms with van der Waals surface area (Å²) in [5, 5.41) is 10.2. The number of rotatable bonds is 5. The Morgan fingerprint density at radius 3 is 2.86 bits per heavy atom.